The maximum atomic E-state index is 11.9. The topological polar surface area (TPSA) is 60.2 Å². The minimum absolute atomic E-state index is 0.0592. The summed E-state index contributed by atoms with van der Waals surface area (Å²) in [6, 6.07) is 15.9. The normalized spacial score (nSPS) is 10.0. The van der Waals surface area contributed by atoms with E-state index in [0.29, 0.717) is 11.1 Å². The zero-order valence-corrected chi connectivity index (χ0v) is 9.50. The lowest BCUT2D eigenvalue weighted by molar-refractivity contribution is -0.385. The van der Waals surface area contributed by atoms with Crippen molar-refractivity contribution in [1.82, 2.24) is 0 Å². The first-order valence-corrected chi connectivity index (χ1v) is 5.40. The zero-order valence-electron chi connectivity index (χ0n) is 9.50. The van der Waals surface area contributed by atoms with E-state index in [1.807, 2.05) is 6.07 Å². The fraction of sp³-hybridized carbons (Fsp3) is 0.0714. The Bertz CT molecular complexity index is 579. The monoisotopic (exact) mass is 240 g/mol. The zero-order chi connectivity index (χ0) is 13.0. The molecule has 2 rings (SSSR count). The second-order valence-electron chi connectivity index (χ2n) is 3.81. The summed E-state index contributed by atoms with van der Waals surface area (Å²) in [4.78, 5) is 22.0. The molecule has 0 spiro atoms. The number of hydrogen-bond donors (Lipinski definition) is 0. The number of ketones is 1. The molecule has 0 aliphatic heterocycles. The summed E-state index contributed by atoms with van der Waals surface area (Å²) in [5.74, 6) is -0.0592. The van der Waals surface area contributed by atoms with Crippen molar-refractivity contribution in [3.8, 4) is 0 Å². The van der Waals surface area contributed by atoms with E-state index in [1.54, 1.807) is 30.3 Å². The Morgan fingerprint density at radius 3 is 2.61 bits per heavy atom. The van der Waals surface area contributed by atoms with E-state index in [0.717, 1.165) is 0 Å². The Morgan fingerprint density at radius 2 is 1.94 bits per heavy atom. The summed E-state index contributed by atoms with van der Waals surface area (Å²) < 4.78 is 0. The van der Waals surface area contributed by atoms with Crippen LogP contribution in [0, 0.1) is 16.2 Å². The molecule has 4 heteroatoms. The number of benzene rings is 2. The van der Waals surface area contributed by atoms with E-state index in [9.17, 15) is 14.9 Å². The third-order valence-corrected chi connectivity index (χ3v) is 2.51. The van der Waals surface area contributed by atoms with Crippen LogP contribution < -0.4 is 0 Å². The summed E-state index contributed by atoms with van der Waals surface area (Å²) in [7, 11) is 0. The summed E-state index contributed by atoms with van der Waals surface area (Å²) in [6.45, 7) is 0. The van der Waals surface area contributed by atoms with Gasteiger partial charge in [0.15, 0.2) is 5.78 Å². The molecule has 0 aliphatic rings. The van der Waals surface area contributed by atoms with Crippen LogP contribution >= 0.6 is 0 Å². The number of nitro groups is 1. The minimum Gasteiger partial charge on any atom is -0.294 e. The van der Waals surface area contributed by atoms with Crippen LogP contribution in [-0.4, -0.2) is 10.7 Å². The van der Waals surface area contributed by atoms with Crippen molar-refractivity contribution in [2.45, 2.75) is 6.42 Å². The summed E-state index contributed by atoms with van der Waals surface area (Å²) in [6.07, 6.45) is 0.152. The number of nitrogens with zero attached hydrogens (tertiary/aromatic N) is 1. The third-order valence-electron chi connectivity index (χ3n) is 2.51. The molecule has 0 fully saturated rings. The van der Waals surface area contributed by atoms with E-state index in [1.165, 1.54) is 12.1 Å². The van der Waals surface area contributed by atoms with Gasteiger partial charge in [0.2, 0.25) is 0 Å². The number of carbonyl (C=O) groups is 1. The van der Waals surface area contributed by atoms with Gasteiger partial charge in [-0.15, -0.1) is 0 Å². The van der Waals surface area contributed by atoms with Gasteiger partial charge >= 0.3 is 0 Å². The van der Waals surface area contributed by atoms with Gasteiger partial charge < -0.3 is 0 Å². The smallest absolute Gasteiger partial charge is 0.277 e. The van der Waals surface area contributed by atoms with Crippen molar-refractivity contribution in [2.24, 2.45) is 0 Å². The van der Waals surface area contributed by atoms with Gasteiger partial charge in [-0.25, -0.2) is 0 Å². The standard InChI is InChI=1S/C14H10NO3/c16-14(12-6-2-1-3-7-12)10-11-5-4-8-13(9-11)15(17)18/h1-7,9H,10H2. The van der Waals surface area contributed by atoms with E-state index in [4.69, 9.17) is 0 Å². The number of hydrogen-bond acceptors (Lipinski definition) is 3. The molecule has 18 heavy (non-hydrogen) atoms. The lowest BCUT2D eigenvalue weighted by atomic mass is 10.0. The molecule has 4 nitrogen and oxygen atoms in total. The quantitative estimate of drug-likeness (QED) is 0.469. The van der Waals surface area contributed by atoms with Gasteiger partial charge in [0, 0.05) is 18.1 Å². The molecule has 0 amide bonds. The summed E-state index contributed by atoms with van der Waals surface area (Å²) in [5.41, 5.74) is 1.11. The fourth-order valence-corrected chi connectivity index (χ4v) is 1.63. The first-order chi connectivity index (χ1) is 8.66. The largest absolute Gasteiger partial charge is 0.294 e. The Morgan fingerprint density at radius 1 is 1.22 bits per heavy atom. The first kappa shape index (κ1) is 12.0. The molecule has 0 atom stereocenters. The van der Waals surface area contributed by atoms with E-state index >= 15 is 0 Å². The van der Waals surface area contributed by atoms with E-state index < -0.39 is 4.92 Å². The molecule has 89 valence electrons. The number of carbonyl (C=O) groups excluding carboxylic acids is 1. The third kappa shape index (κ3) is 2.79. The number of Topliss-reactive ketones (excluding diaryl/α,β-unsaturated/α-hetero) is 1. The van der Waals surface area contributed by atoms with Crippen LogP contribution in [0.2, 0.25) is 0 Å². The molecule has 0 aliphatic carbocycles. The van der Waals surface area contributed by atoms with Crippen molar-refractivity contribution >= 4 is 11.5 Å². The second-order valence-corrected chi connectivity index (χ2v) is 3.81. The SMILES string of the molecule is O=C(Cc1cc[c]c([N+](=O)[O-])c1)c1ccccc1. The van der Waals surface area contributed by atoms with Gasteiger partial charge in [0.1, 0.15) is 0 Å². The van der Waals surface area contributed by atoms with Crippen LogP contribution in [0.25, 0.3) is 0 Å². The molecule has 1 radical (unpaired) electrons. The van der Waals surface area contributed by atoms with Crippen molar-refractivity contribution in [2.75, 3.05) is 0 Å². The van der Waals surface area contributed by atoms with E-state index in [-0.39, 0.29) is 17.9 Å². The van der Waals surface area contributed by atoms with Crippen molar-refractivity contribution in [3.63, 3.8) is 0 Å². The maximum Gasteiger partial charge on any atom is 0.277 e. The van der Waals surface area contributed by atoms with Crippen molar-refractivity contribution in [1.29, 1.82) is 0 Å². The van der Waals surface area contributed by atoms with Gasteiger partial charge in [-0.05, 0) is 11.6 Å². The Hall–Kier alpha value is -2.49. The minimum atomic E-state index is -0.517. The van der Waals surface area contributed by atoms with Gasteiger partial charge in [0.25, 0.3) is 5.69 Å². The van der Waals surface area contributed by atoms with Crippen molar-refractivity contribution < 1.29 is 9.72 Å². The lowest BCUT2D eigenvalue weighted by Gasteiger charge is -2.01. The first-order valence-electron chi connectivity index (χ1n) is 5.40. The summed E-state index contributed by atoms with van der Waals surface area (Å²) >= 11 is 0. The average molecular weight is 240 g/mol. The van der Waals surface area contributed by atoms with Gasteiger partial charge in [-0.3, -0.25) is 14.9 Å². The van der Waals surface area contributed by atoms with Crippen LogP contribution in [0.3, 0.4) is 0 Å². The van der Waals surface area contributed by atoms with Gasteiger partial charge in [-0.1, -0.05) is 36.4 Å². The number of non-ortho nitro benzene ring substituents is 1. The number of nitro benzene ring substituents is 1. The molecule has 0 saturated carbocycles. The molecule has 0 heterocycles. The Kier molecular flexibility index (Phi) is 3.48. The molecule has 0 N–H and O–H groups in total. The van der Waals surface area contributed by atoms with Crippen molar-refractivity contribution in [3.05, 3.63) is 75.8 Å². The molecular formula is C14H10NO3. The summed E-state index contributed by atoms with van der Waals surface area (Å²) in [5, 5.41) is 10.6. The van der Waals surface area contributed by atoms with Crippen LogP contribution in [0.5, 0.6) is 0 Å². The average Bonchev–Trinajstić information content (AvgIpc) is 2.40. The highest BCUT2D eigenvalue weighted by atomic mass is 16.6. The lowest BCUT2D eigenvalue weighted by Crippen LogP contribution is -2.03. The second kappa shape index (κ2) is 5.23. The fourth-order valence-electron chi connectivity index (χ4n) is 1.63. The molecule has 0 unspecified atom stereocenters. The molecule has 2 aromatic rings. The van der Waals surface area contributed by atoms with Crippen LogP contribution in [-0.2, 0) is 6.42 Å². The molecule has 0 bridgehead atoms. The Balaban J connectivity index is 2.17. The van der Waals surface area contributed by atoms with Gasteiger partial charge in [0.05, 0.1) is 11.0 Å². The van der Waals surface area contributed by atoms with E-state index in [2.05, 4.69) is 6.07 Å². The predicted octanol–water partition coefficient (Wildman–Crippen LogP) is 2.82. The molecular weight excluding hydrogens is 230 g/mol. The highest BCUT2D eigenvalue weighted by Gasteiger charge is 2.10. The molecule has 0 aromatic heterocycles. The predicted molar refractivity (Wildman–Crippen MR) is 66.4 cm³/mol. The van der Waals surface area contributed by atoms with Gasteiger partial charge in [-0.2, -0.15) is 0 Å². The Labute approximate surface area is 104 Å². The number of rotatable bonds is 4. The van der Waals surface area contributed by atoms with Crippen LogP contribution in [0.4, 0.5) is 5.69 Å². The molecule has 2 aromatic carbocycles. The maximum absolute atomic E-state index is 11.9. The van der Waals surface area contributed by atoms with Crippen LogP contribution in [0.15, 0.2) is 48.5 Å². The highest BCUT2D eigenvalue weighted by molar-refractivity contribution is 5.97. The molecule has 0 saturated heterocycles. The highest BCUT2D eigenvalue weighted by Crippen LogP contribution is 2.14. The van der Waals surface area contributed by atoms with Crippen LogP contribution in [0.1, 0.15) is 15.9 Å².